The third-order valence-electron chi connectivity index (χ3n) is 4.40. The van der Waals surface area contributed by atoms with Crippen LogP contribution in [0.3, 0.4) is 0 Å². The molecule has 1 amide bonds. The molecular weight excluding hydrogens is 326 g/mol. The van der Waals surface area contributed by atoms with Crippen LogP contribution in [-0.2, 0) is 0 Å². The zero-order valence-electron chi connectivity index (χ0n) is 13.7. The molecule has 4 rings (SSSR count). The number of likely N-dealkylation sites (N-methyl/N-ethyl adjacent to an activating group) is 1. The van der Waals surface area contributed by atoms with Gasteiger partial charge in [0.15, 0.2) is 11.5 Å². The van der Waals surface area contributed by atoms with Crippen LogP contribution in [0.25, 0.3) is 5.65 Å². The summed E-state index contributed by atoms with van der Waals surface area (Å²) in [6.45, 7) is 5.27. The van der Waals surface area contributed by atoms with Gasteiger partial charge in [-0.05, 0) is 26.0 Å². The fraction of sp³-hybridized carbons (Fsp3) is 0.400. The second-order valence-electron chi connectivity index (χ2n) is 5.95. The van der Waals surface area contributed by atoms with Gasteiger partial charge in [0.05, 0.1) is 17.2 Å². The predicted molar refractivity (Wildman–Crippen MR) is 90.5 cm³/mol. The highest BCUT2D eigenvalue weighted by Crippen LogP contribution is 2.24. The standard InChI is InChI=1S/C15H17N7OS/c1-9-14(24-8-16-9)15(23)20(3)11-6-21(7-11)13-5-4-12-18-17-10(2)22(12)19-13/h4-5,8,11H,6-7H2,1-3H3. The summed E-state index contributed by atoms with van der Waals surface area (Å²) in [6.07, 6.45) is 0. The topological polar surface area (TPSA) is 79.5 Å². The summed E-state index contributed by atoms with van der Waals surface area (Å²) in [5, 5.41) is 12.6. The van der Waals surface area contributed by atoms with Crippen LogP contribution in [0, 0.1) is 13.8 Å². The molecule has 0 unspecified atom stereocenters. The van der Waals surface area contributed by atoms with E-state index in [0.29, 0.717) is 0 Å². The Hall–Kier alpha value is -2.55. The lowest BCUT2D eigenvalue weighted by atomic mass is 10.1. The highest BCUT2D eigenvalue weighted by Gasteiger charge is 2.34. The molecule has 3 aromatic heterocycles. The zero-order chi connectivity index (χ0) is 16.8. The average Bonchev–Trinajstić information content (AvgIpc) is 3.11. The number of hydrogen-bond donors (Lipinski definition) is 0. The number of aromatic nitrogens is 5. The monoisotopic (exact) mass is 343 g/mol. The molecule has 0 atom stereocenters. The molecule has 1 saturated heterocycles. The lowest BCUT2D eigenvalue weighted by molar-refractivity contribution is 0.0709. The number of fused-ring (bicyclic) bond motifs is 1. The lowest BCUT2D eigenvalue weighted by Gasteiger charge is -2.44. The molecule has 8 nitrogen and oxygen atoms in total. The van der Waals surface area contributed by atoms with Gasteiger partial charge in [0.2, 0.25) is 0 Å². The van der Waals surface area contributed by atoms with Crippen molar-refractivity contribution in [3.8, 4) is 0 Å². The number of amides is 1. The molecule has 0 bridgehead atoms. The number of carbonyl (C=O) groups is 1. The summed E-state index contributed by atoms with van der Waals surface area (Å²) in [4.78, 5) is 21.4. The van der Waals surface area contributed by atoms with E-state index in [1.54, 1.807) is 14.9 Å². The molecule has 3 aromatic rings. The van der Waals surface area contributed by atoms with E-state index in [4.69, 9.17) is 0 Å². The van der Waals surface area contributed by atoms with Crippen molar-refractivity contribution in [1.29, 1.82) is 0 Å². The maximum atomic E-state index is 12.5. The zero-order valence-corrected chi connectivity index (χ0v) is 14.5. The fourth-order valence-corrected chi connectivity index (χ4v) is 3.56. The molecule has 0 saturated carbocycles. The maximum absolute atomic E-state index is 12.5. The molecule has 1 aliphatic heterocycles. The van der Waals surface area contributed by atoms with Crippen LogP contribution in [0.2, 0.25) is 0 Å². The van der Waals surface area contributed by atoms with Crippen molar-refractivity contribution in [3.05, 3.63) is 34.0 Å². The van der Waals surface area contributed by atoms with E-state index < -0.39 is 0 Å². The number of hydrogen-bond acceptors (Lipinski definition) is 7. The molecule has 1 fully saturated rings. The quantitative estimate of drug-likeness (QED) is 0.710. The van der Waals surface area contributed by atoms with E-state index in [9.17, 15) is 4.79 Å². The van der Waals surface area contributed by atoms with E-state index in [-0.39, 0.29) is 11.9 Å². The van der Waals surface area contributed by atoms with Crippen molar-refractivity contribution < 1.29 is 4.79 Å². The van der Waals surface area contributed by atoms with E-state index >= 15 is 0 Å². The van der Waals surface area contributed by atoms with Crippen LogP contribution in [0.15, 0.2) is 17.6 Å². The van der Waals surface area contributed by atoms with Crippen LogP contribution in [0.4, 0.5) is 5.82 Å². The Labute approximate surface area is 142 Å². The molecular formula is C15H17N7OS. The van der Waals surface area contributed by atoms with Crippen LogP contribution >= 0.6 is 11.3 Å². The Balaban J connectivity index is 1.46. The van der Waals surface area contributed by atoms with Gasteiger partial charge >= 0.3 is 0 Å². The Bertz CT molecular complexity index is 912. The molecule has 0 N–H and O–H groups in total. The van der Waals surface area contributed by atoms with Gasteiger partial charge in [0.1, 0.15) is 10.7 Å². The first-order chi connectivity index (χ1) is 11.5. The SMILES string of the molecule is Cc1ncsc1C(=O)N(C)C1CN(c2ccc3nnc(C)n3n2)C1. The highest BCUT2D eigenvalue weighted by molar-refractivity contribution is 7.11. The molecule has 0 aliphatic carbocycles. The summed E-state index contributed by atoms with van der Waals surface area (Å²) in [5.41, 5.74) is 3.24. The molecule has 9 heteroatoms. The number of carbonyl (C=O) groups excluding carboxylic acids is 1. The molecule has 1 aliphatic rings. The van der Waals surface area contributed by atoms with Gasteiger partial charge in [-0.25, -0.2) is 4.98 Å². The summed E-state index contributed by atoms with van der Waals surface area (Å²) < 4.78 is 1.73. The summed E-state index contributed by atoms with van der Waals surface area (Å²) in [6, 6.07) is 4.03. The van der Waals surface area contributed by atoms with Crippen LogP contribution in [0.1, 0.15) is 21.2 Å². The van der Waals surface area contributed by atoms with Gasteiger partial charge < -0.3 is 9.80 Å². The minimum absolute atomic E-state index is 0.0396. The second-order valence-corrected chi connectivity index (χ2v) is 6.81. The third kappa shape index (κ3) is 2.32. The van der Waals surface area contributed by atoms with Crippen LogP contribution in [-0.4, -0.2) is 61.8 Å². The Morgan fingerprint density at radius 1 is 1.29 bits per heavy atom. The Morgan fingerprint density at radius 3 is 2.79 bits per heavy atom. The smallest absolute Gasteiger partial charge is 0.265 e. The van der Waals surface area contributed by atoms with E-state index in [2.05, 4.69) is 25.2 Å². The number of thiazole rings is 1. The molecule has 0 radical (unpaired) electrons. The minimum Gasteiger partial charge on any atom is -0.351 e. The normalized spacial score (nSPS) is 14.9. The first-order valence-electron chi connectivity index (χ1n) is 7.66. The van der Waals surface area contributed by atoms with Crippen molar-refractivity contribution in [3.63, 3.8) is 0 Å². The maximum Gasteiger partial charge on any atom is 0.265 e. The van der Waals surface area contributed by atoms with Crippen molar-refractivity contribution in [2.45, 2.75) is 19.9 Å². The second kappa shape index (κ2) is 5.52. The van der Waals surface area contributed by atoms with Crippen LogP contribution in [0.5, 0.6) is 0 Å². The van der Waals surface area contributed by atoms with Gasteiger partial charge in [-0.2, -0.15) is 4.52 Å². The van der Waals surface area contributed by atoms with Gasteiger partial charge in [-0.3, -0.25) is 4.79 Å². The summed E-state index contributed by atoms with van der Waals surface area (Å²) in [5.74, 6) is 1.67. The minimum atomic E-state index is 0.0396. The molecule has 124 valence electrons. The van der Waals surface area contributed by atoms with Crippen molar-refractivity contribution in [2.75, 3.05) is 25.0 Å². The van der Waals surface area contributed by atoms with E-state index in [1.807, 2.05) is 33.0 Å². The van der Waals surface area contributed by atoms with Crippen molar-refractivity contribution >= 4 is 28.7 Å². The number of nitrogens with zero attached hydrogens (tertiary/aromatic N) is 7. The largest absolute Gasteiger partial charge is 0.351 e. The number of aryl methyl sites for hydroxylation is 2. The van der Waals surface area contributed by atoms with Gasteiger partial charge in [0, 0.05) is 20.1 Å². The Morgan fingerprint density at radius 2 is 2.08 bits per heavy atom. The number of anilines is 1. The molecule has 24 heavy (non-hydrogen) atoms. The van der Waals surface area contributed by atoms with Gasteiger partial charge in [0.25, 0.3) is 5.91 Å². The highest BCUT2D eigenvalue weighted by atomic mass is 32.1. The molecule has 0 aromatic carbocycles. The summed E-state index contributed by atoms with van der Waals surface area (Å²) in [7, 11) is 1.85. The molecule has 4 heterocycles. The van der Waals surface area contributed by atoms with Gasteiger partial charge in [-0.15, -0.1) is 26.6 Å². The van der Waals surface area contributed by atoms with Crippen molar-refractivity contribution in [2.24, 2.45) is 0 Å². The van der Waals surface area contributed by atoms with E-state index in [0.717, 1.165) is 41.0 Å². The first kappa shape index (κ1) is 15.0. The molecule has 0 spiro atoms. The lowest BCUT2D eigenvalue weighted by Crippen LogP contribution is -2.60. The fourth-order valence-electron chi connectivity index (χ4n) is 2.78. The van der Waals surface area contributed by atoms with E-state index in [1.165, 1.54) is 11.3 Å². The number of rotatable bonds is 3. The predicted octanol–water partition coefficient (Wildman–Crippen LogP) is 1.16. The Kier molecular flexibility index (Phi) is 3.45. The van der Waals surface area contributed by atoms with Gasteiger partial charge in [-0.1, -0.05) is 0 Å². The first-order valence-corrected chi connectivity index (χ1v) is 8.54. The third-order valence-corrected chi connectivity index (χ3v) is 5.32. The van der Waals surface area contributed by atoms with Crippen molar-refractivity contribution in [1.82, 2.24) is 29.7 Å². The van der Waals surface area contributed by atoms with Crippen LogP contribution < -0.4 is 4.90 Å². The summed E-state index contributed by atoms with van der Waals surface area (Å²) >= 11 is 1.39. The average molecular weight is 343 g/mol.